The molecule has 1 atom stereocenters. The molecular formula is C16H13ClO2. The Morgan fingerprint density at radius 3 is 2.63 bits per heavy atom. The molecular weight excluding hydrogens is 260 g/mol. The lowest BCUT2D eigenvalue weighted by atomic mass is 9.96. The van der Waals surface area contributed by atoms with Gasteiger partial charge in [-0.1, -0.05) is 29.8 Å². The molecule has 0 N–H and O–H groups in total. The fourth-order valence-electron chi connectivity index (χ4n) is 2.90. The standard InChI is InChI=1S/C16H13ClO2/c17-13-5-6-15-12(9-13)10-16(19-15)8-7-11-3-1-2-4-14(11)18-16/h1-6,9H,7-8,10H2. The molecule has 0 saturated heterocycles. The van der Waals surface area contributed by atoms with Crippen molar-refractivity contribution < 1.29 is 9.47 Å². The number of halogens is 1. The fourth-order valence-corrected chi connectivity index (χ4v) is 3.09. The van der Waals surface area contributed by atoms with Crippen LogP contribution in [0.4, 0.5) is 0 Å². The lowest BCUT2D eigenvalue weighted by Gasteiger charge is -2.34. The van der Waals surface area contributed by atoms with Gasteiger partial charge in [0.1, 0.15) is 11.5 Å². The van der Waals surface area contributed by atoms with Crippen LogP contribution in [0.1, 0.15) is 17.5 Å². The molecule has 0 radical (unpaired) electrons. The topological polar surface area (TPSA) is 18.5 Å². The van der Waals surface area contributed by atoms with E-state index in [9.17, 15) is 0 Å². The first kappa shape index (κ1) is 11.2. The van der Waals surface area contributed by atoms with Gasteiger partial charge in [0.25, 0.3) is 5.79 Å². The molecule has 2 aromatic rings. The van der Waals surface area contributed by atoms with E-state index in [2.05, 4.69) is 6.07 Å². The first-order valence-electron chi connectivity index (χ1n) is 6.49. The van der Waals surface area contributed by atoms with E-state index in [4.69, 9.17) is 21.1 Å². The fraction of sp³-hybridized carbons (Fsp3) is 0.250. The number of aryl methyl sites for hydroxylation is 1. The van der Waals surface area contributed by atoms with Crippen molar-refractivity contribution in [1.29, 1.82) is 0 Å². The van der Waals surface area contributed by atoms with Crippen molar-refractivity contribution in [2.75, 3.05) is 0 Å². The smallest absolute Gasteiger partial charge is 0.255 e. The van der Waals surface area contributed by atoms with E-state index in [1.807, 2.05) is 36.4 Å². The van der Waals surface area contributed by atoms with Crippen LogP contribution in [0, 0.1) is 0 Å². The minimum atomic E-state index is -0.540. The van der Waals surface area contributed by atoms with Gasteiger partial charge in [0, 0.05) is 17.0 Å². The summed E-state index contributed by atoms with van der Waals surface area (Å²) in [6.07, 6.45) is 2.62. The minimum Gasteiger partial charge on any atom is -0.452 e. The molecule has 3 heteroatoms. The Bertz CT molecular complexity index is 653. The molecule has 2 aliphatic rings. The Balaban J connectivity index is 1.69. The zero-order chi connectivity index (χ0) is 12.9. The number of rotatable bonds is 0. The highest BCUT2D eigenvalue weighted by Crippen LogP contribution is 2.43. The van der Waals surface area contributed by atoms with Crippen LogP contribution in [0.5, 0.6) is 11.5 Å². The molecule has 0 bridgehead atoms. The van der Waals surface area contributed by atoms with E-state index in [0.717, 1.165) is 41.3 Å². The Hall–Kier alpha value is -1.67. The number of benzene rings is 2. The van der Waals surface area contributed by atoms with Crippen LogP contribution >= 0.6 is 11.6 Å². The lowest BCUT2D eigenvalue weighted by molar-refractivity contribution is -0.111. The molecule has 4 rings (SSSR count). The van der Waals surface area contributed by atoms with Crippen LogP contribution in [0.3, 0.4) is 0 Å². The molecule has 2 aromatic carbocycles. The van der Waals surface area contributed by atoms with Crippen molar-refractivity contribution in [3.63, 3.8) is 0 Å². The highest BCUT2D eigenvalue weighted by Gasteiger charge is 2.44. The van der Waals surface area contributed by atoms with E-state index in [1.54, 1.807) is 0 Å². The summed E-state index contributed by atoms with van der Waals surface area (Å²) in [4.78, 5) is 0. The zero-order valence-corrected chi connectivity index (χ0v) is 11.1. The SMILES string of the molecule is Clc1ccc2c(c1)CC1(CCc3ccccc3O1)O2. The van der Waals surface area contributed by atoms with Crippen LogP contribution < -0.4 is 9.47 Å². The average Bonchev–Trinajstić information content (AvgIpc) is 2.75. The molecule has 0 amide bonds. The summed E-state index contributed by atoms with van der Waals surface area (Å²) in [6.45, 7) is 0. The first-order chi connectivity index (χ1) is 9.24. The lowest BCUT2D eigenvalue weighted by Crippen LogP contribution is -2.43. The largest absolute Gasteiger partial charge is 0.452 e. The molecule has 2 aliphatic heterocycles. The summed E-state index contributed by atoms with van der Waals surface area (Å²) >= 11 is 6.04. The summed E-state index contributed by atoms with van der Waals surface area (Å²) in [5.74, 6) is 1.29. The van der Waals surface area contributed by atoms with Gasteiger partial charge in [0.15, 0.2) is 0 Å². The molecule has 0 aliphatic carbocycles. The third-order valence-corrected chi connectivity index (χ3v) is 4.06. The third-order valence-electron chi connectivity index (χ3n) is 3.82. The predicted octanol–water partition coefficient (Wildman–Crippen LogP) is 4.00. The summed E-state index contributed by atoms with van der Waals surface area (Å²) < 4.78 is 12.2. The van der Waals surface area contributed by atoms with Crippen LogP contribution in [-0.2, 0) is 12.8 Å². The van der Waals surface area contributed by atoms with Crippen molar-refractivity contribution in [3.05, 3.63) is 58.6 Å². The van der Waals surface area contributed by atoms with E-state index < -0.39 is 5.79 Å². The Morgan fingerprint density at radius 1 is 0.947 bits per heavy atom. The Morgan fingerprint density at radius 2 is 1.74 bits per heavy atom. The molecule has 0 aromatic heterocycles. The number of fused-ring (bicyclic) bond motifs is 2. The Kier molecular flexibility index (Phi) is 2.30. The second kappa shape index (κ2) is 3.91. The van der Waals surface area contributed by atoms with E-state index in [0.29, 0.717) is 0 Å². The Labute approximate surface area is 116 Å². The van der Waals surface area contributed by atoms with Crippen LogP contribution in [0.15, 0.2) is 42.5 Å². The summed E-state index contributed by atoms with van der Waals surface area (Å²) in [6, 6.07) is 13.9. The third kappa shape index (κ3) is 1.79. The maximum Gasteiger partial charge on any atom is 0.255 e. The maximum atomic E-state index is 6.14. The monoisotopic (exact) mass is 272 g/mol. The molecule has 96 valence electrons. The normalized spacial score (nSPS) is 23.4. The van der Waals surface area contributed by atoms with E-state index >= 15 is 0 Å². The molecule has 1 unspecified atom stereocenters. The van der Waals surface area contributed by atoms with Gasteiger partial charge in [0.05, 0.1) is 6.42 Å². The summed E-state index contributed by atoms with van der Waals surface area (Å²) in [5, 5.41) is 0.746. The van der Waals surface area contributed by atoms with Crippen molar-refractivity contribution in [2.45, 2.75) is 25.0 Å². The minimum absolute atomic E-state index is 0.540. The van der Waals surface area contributed by atoms with Gasteiger partial charge in [-0.15, -0.1) is 0 Å². The van der Waals surface area contributed by atoms with Gasteiger partial charge in [-0.3, -0.25) is 0 Å². The quantitative estimate of drug-likeness (QED) is 0.722. The van der Waals surface area contributed by atoms with Crippen LogP contribution in [0.2, 0.25) is 5.02 Å². The van der Waals surface area contributed by atoms with Gasteiger partial charge in [-0.2, -0.15) is 0 Å². The summed E-state index contributed by atoms with van der Waals surface area (Å²) in [7, 11) is 0. The highest BCUT2D eigenvalue weighted by molar-refractivity contribution is 6.30. The first-order valence-corrected chi connectivity index (χ1v) is 6.86. The van der Waals surface area contributed by atoms with Gasteiger partial charge in [-0.25, -0.2) is 0 Å². The van der Waals surface area contributed by atoms with Gasteiger partial charge in [-0.05, 0) is 36.2 Å². The second-order valence-corrected chi connectivity index (χ2v) is 5.59. The predicted molar refractivity (Wildman–Crippen MR) is 73.9 cm³/mol. The van der Waals surface area contributed by atoms with Crippen LogP contribution in [-0.4, -0.2) is 5.79 Å². The average molecular weight is 273 g/mol. The van der Waals surface area contributed by atoms with Crippen molar-refractivity contribution in [1.82, 2.24) is 0 Å². The van der Waals surface area contributed by atoms with E-state index in [-0.39, 0.29) is 0 Å². The number of hydrogen-bond donors (Lipinski definition) is 0. The molecule has 0 saturated carbocycles. The maximum absolute atomic E-state index is 6.14. The number of para-hydroxylation sites is 1. The second-order valence-electron chi connectivity index (χ2n) is 5.15. The molecule has 2 heterocycles. The molecule has 0 fully saturated rings. The van der Waals surface area contributed by atoms with Gasteiger partial charge < -0.3 is 9.47 Å². The zero-order valence-electron chi connectivity index (χ0n) is 10.4. The molecule has 1 spiro atoms. The van der Waals surface area contributed by atoms with Crippen molar-refractivity contribution >= 4 is 11.6 Å². The van der Waals surface area contributed by atoms with Crippen LogP contribution in [0.25, 0.3) is 0 Å². The summed E-state index contributed by atoms with van der Waals surface area (Å²) in [5.41, 5.74) is 2.39. The van der Waals surface area contributed by atoms with Gasteiger partial charge >= 0.3 is 0 Å². The number of ether oxygens (including phenoxy) is 2. The number of hydrogen-bond acceptors (Lipinski definition) is 2. The van der Waals surface area contributed by atoms with Crippen molar-refractivity contribution in [2.24, 2.45) is 0 Å². The molecule has 19 heavy (non-hydrogen) atoms. The van der Waals surface area contributed by atoms with Crippen molar-refractivity contribution in [3.8, 4) is 11.5 Å². The van der Waals surface area contributed by atoms with Gasteiger partial charge in [0.2, 0.25) is 0 Å². The highest BCUT2D eigenvalue weighted by atomic mass is 35.5. The molecule has 2 nitrogen and oxygen atoms in total. The van der Waals surface area contributed by atoms with E-state index in [1.165, 1.54) is 5.56 Å².